The summed E-state index contributed by atoms with van der Waals surface area (Å²) in [5, 5.41) is 12.4. The van der Waals surface area contributed by atoms with Crippen LogP contribution < -0.4 is 10.6 Å². The first-order valence-electron chi connectivity index (χ1n) is 24.5. The van der Waals surface area contributed by atoms with E-state index in [9.17, 15) is 18.6 Å². The molecule has 1 unspecified atom stereocenters. The van der Waals surface area contributed by atoms with Crippen molar-refractivity contribution in [3.05, 3.63) is 256 Å². The van der Waals surface area contributed by atoms with Crippen molar-refractivity contribution in [1.29, 1.82) is 0 Å². The first kappa shape index (κ1) is 50.7. The number of hydrogen-bond donors (Lipinski definition) is 2. The van der Waals surface area contributed by atoms with E-state index < -0.39 is 51.1 Å². The number of thiazole rings is 1. The third-order valence-electron chi connectivity index (χ3n) is 13.4. The summed E-state index contributed by atoms with van der Waals surface area (Å²) in [6.07, 6.45) is 5.12. The van der Waals surface area contributed by atoms with Gasteiger partial charge in [-0.05, 0) is 45.4 Å². The van der Waals surface area contributed by atoms with Gasteiger partial charge in [-0.3, -0.25) is 18.7 Å². The van der Waals surface area contributed by atoms with Gasteiger partial charge in [0.05, 0.1) is 35.2 Å². The van der Waals surface area contributed by atoms with Gasteiger partial charge >= 0.3 is 5.97 Å². The van der Waals surface area contributed by atoms with E-state index in [2.05, 4.69) is 109 Å². The number of unbranched alkanes of at least 4 members (excludes halogenated alkanes) is 1. The molecule has 6 aromatic carbocycles. The average molecular weight is 1100 g/mol. The lowest BCUT2D eigenvalue weighted by Gasteiger charge is -2.49. The fourth-order valence-electron chi connectivity index (χ4n) is 9.89. The van der Waals surface area contributed by atoms with E-state index in [1.807, 2.05) is 122 Å². The summed E-state index contributed by atoms with van der Waals surface area (Å²) < 4.78 is 21.5. The number of amides is 2. The molecule has 2 aliphatic heterocycles. The number of oxime groups is 1. The van der Waals surface area contributed by atoms with Gasteiger partial charge in [-0.25, -0.2) is 14.8 Å². The lowest BCUT2D eigenvalue weighted by molar-refractivity contribution is -0.152. The van der Waals surface area contributed by atoms with Crippen molar-refractivity contribution in [2.45, 2.75) is 48.9 Å². The first-order chi connectivity index (χ1) is 36.8. The zero-order valence-corrected chi connectivity index (χ0v) is 44.0. The number of imidazole rings is 1. The molecule has 0 bridgehead atoms. The molecular formula is C59H52BrN7O6S2. The Bertz CT molecular complexity index is 3170. The zero-order chi connectivity index (χ0) is 51.8. The number of carbonyl (C=O) groups excluding carboxylic acids is 3. The second-order valence-electron chi connectivity index (χ2n) is 18.0. The van der Waals surface area contributed by atoms with Crippen molar-refractivity contribution in [2.75, 3.05) is 23.0 Å². The molecule has 75 heavy (non-hydrogen) atoms. The van der Waals surface area contributed by atoms with Crippen molar-refractivity contribution in [3.8, 4) is 0 Å². The Morgan fingerprint density at radius 2 is 1.28 bits per heavy atom. The predicted octanol–water partition coefficient (Wildman–Crippen LogP) is 9.91. The molecule has 378 valence electrons. The highest BCUT2D eigenvalue weighted by molar-refractivity contribution is 9.09. The van der Waals surface area contributed by atoms with Crippen molar-refractivity contribution < 1.29 is 28.2 Å². The van der Waals surface area contributed by atoms with Crippen molar-refractivity contribution in [3.63, 3.8) is 0 Å². The fraction of sp³-hybridized carbons (Fsp3) is 0.186. The van der Waals surface area contributed by atoms with Crippen LogP contribution in [0.25, 0.3) is 0 Å². The van der Waals surface area contributed by atoms with Gasteiger partial charge in [-0.1, -0.05) is 216 Å². The van der Waals surface area contributed by atoms with E-state index in [0.717, 1.165) is 39.8 Å². The molecule has 2 N–H and O–H groups in total. The minimum atomic E-state index is -1.68. The zero-order valence-electron chi connectivity index (χ0n) is 40.8. The van der Waals surface area contributed by atoms with Crippen LogP contribution in [0.3, 0.4) is 0 Å². The summed E-state index contributed by atoms with van der Waals surface area (Å²) in [4.78, 5) is 59.5. The molecule has 1 fully saturated rings. The van der Waals surface area contributed by atoms with Crippen LogP contribution in [-0.2, 0) is 52.4 Å². The van der Waals surface area contributed by atoms with Crippen LogP contribution in [0, 0.1) is 0 Å². The lowest BCUT2D eigenvalue weighted by Crippen LogP contribution is -2.74. The summed E-state index contributed by atoms with van der Waals surface area (Å²) in [5.41, 5.74) is 5.06. The van der Waals surface area contributed by atoms with Gasteiger partial charge in [-0.15, -0.1) is 11.3 Å². The van der Waals surface area contributed by atoms with Gasteiger partial charge < -0.3 is 24.8 Å². The molecule has 0 spiro atoms. The Labute approximate surface area is 449 Å². The maximum Gasteiger partial charge on any atom is 0.355 e. The number of rotatable bonds is 20. The highest BCUT2D eigenvalue weighted by Gasteiger charge is 2.57. The van der Waals surface area contributed by atoms with Crippen LogP contribution in [0.5, 0.6) is 0 Å². The van der Waals surface area contributed by atoms with Crippen molar-refractivity contribution in [1.82, 2.24) is 24.8 Å². The number of β-lactam (4-membered cyclic amide) rings is 1. The Hall–Kier alpha value is -7.79. The third kappa shape index (κ3) is 9.88. The molecule has 13 nitrogen and oxygen atoms in total. The largest absolute Gasteiger partial charge is 0.461 e. The van der Waals surface area contributed by atoms with Gasteiger partial charge in [-0.2, -0.15) is 0 Å². The minimum absolute atomic E-state index is 0.00813. The number of nitrogens with one attached hydrogen (secondary N) is 2. The molecule has 10 rings (SSSR count). The number of anilines is 1. The number of halogens is 1. The number of carbonyl (C=O) groups is 3. The van der Waals surface area contributed by atoms with E-state index in [1.165, 1.54) is 16.2 Å². The van der Waals surface area contributed by atoms with Crippen LogP contribution in [-0.4, -0.2) is 76.2 Å². The van der Waals surface area contributed by atoms with Gasteiger partial charge in [0.1, 0.15) is 33.9 Å². The Morgan fingerprint density at radius 1 is 0.773 bits per heavy atom. The number of benzene rings is 6. The number of fused-ring (bicyclic) bond motifs is 1. The average Bonchev–Trinajstić information content (AvgIpc) is 4.15. The molecule has 0 radical (unpaired) electrons. The fourth-order valence-corrected chi connectivity index (χ4v) is 13.0. The van der Waals surface area contributed by atoms with E-state index in [-0.39, 0.29) is 41.4 Å². The molecule has 2 aromatic heterocycles. The molecule has 1 saturated heterocycles. The SMILES string of the molecule is CCCCOC(=O)C1=C(CBr)CS(=O)[C@@H]2[C@H](NC(=O)/C(=N\OCc3cn(C(c4ccccc4)(c4ccccc4)c4ccccc4)cn3)c3csc(NC(c4ccccc4)(c4ccccc4)c4ccccc4)n3)C(=O)N12. The molecular weight excluding hydrogens is 1050 g/mol. The van der Waals surface area contributed by atoms with Gasteiger partial charge in [0.2, 0.25) is 0 Å². The smallest absolute Gasteiger partial charge is 0.355 e. The minimum Gasteiger partial charge on any atom is -0.461 e. The van der Waals surface area contributed by atoms with E-state index >= 15 is 0 Å². The van der Waals surface area contributed by atoms with Crippen LogP contribution in [0.15, 0.2) is 216 Å². The molecule has 0 aliphatic carbocycles. The number of ether oxygens (including phenoxy) is 1. The number of aromatic nitrogens is 3. The van der Waals surface area contributed by atoms with E-state index in [1.54, 1.807) is 11.7 Å². The van der Waals surface area contributed by atoms with Gasteiger partial charge in [0.15, 0.2) is 17.5 Å². The number of hydrogen-bond acceptors (Lipinski definition) is 11. The number of alkyl halides is 1. The third-order valence-corrected chi connectivity index (χ3v) is 16.5. The van der Waals surface area contributed by atoms with E-state index in [4.69, 9.17) is 19.5 Å². The maximum absolute atomic E-state index is 14.8. The highest BCUT2D eigenvalue weighted by Crippen LogP contribution is 2.43. The lowest BCUT2D eigenvalue weighted by atomic mass is 9.77. The molecule has 3 atom stereocenters. The van der Waals surface area contributed by atoms with E-state index in [0.29, 0.717) is 22.8 Å². The predicted molar refractivity (Wildman–Crippen MR) is 295 cm³/mol. The summed E-state index contributed by atoms with van der Waals surface area (Å²) in [7, 11) is -1.68. The first-order valence-corrected chi connectivity index (χ1v) is 27.9. The normalized spacial score (nSPS) is 16.7. The van der Waals surface area contributed by atoms with Gasteiger partial charge in [0.25, 0.3) is 11.8 Å². The van der Waals surface area contributed by atoms with Crippen molar-refractivity contribution >= 4 is 66.7 Å². The Balaban J connectivity index is 1.01. The van der Waals surface area contributed by atoms with Crippen LogP contribution in [0.2, 0.25) is 0 Å². The molecule has 16 heteroatoms. The molecule has 0 saturated carbocycles. The molecule has 2 aliphatic rings. The van der Waals surface area contributed by atoms with Crippen LogP contribution in [0.4, 0.5) is 5.13 Å². The molecule has 8 aromatic rings. The molecule has 4 heterocycles. The second kappa shape index (κ2) is 22.8. The molecule has 2 amide bonds. The summed E-state index contributed by atoms with van der Waals surface area (Å²) >= 11 is 4.68. The van der Waals surface area contributed by atoms with Crippen LogP contribution >= 0.6 is 27.3 Å². The maximum atomic E-state index is 14.8. The Kier molecular flexibility index (Phi) is 15.4. The second-order valence-corrected chi connectivity index (χ2v) is 20.9. The monoisotopic (exact) mass is 1100 g/mol. The number of nitrogens with zero attached hydrogens (tertiary/aromatic N) is 5. The Morgan fingerprint density at radius 3 is 1.77 bits per heavy atom. The summed E-state index contributed by atoms with van der Waals surface area (Å²) in [6, 6.07) is 59.6. The van der Waals surface area contributed by atoms with Crippen LogP contribution in [0.1, 0.15) is 64.5 Å². The summed E-state index contributed by atoms with van der Waals surface area (Å²) in [5.74, 6) is -2.07. The topological polar surface area (TPSA) is 157 Å². The quantitative estimate of drug-likeness (QED) is 0.0144. The summed E-state index contributed by atoms with van der Waals surface area (Å²) in [6.45, 7) is 2.00. The van der Waals surface area contributed by atoms with Crippen molar-refractivity contribution in [2.24, 2.45) is 5.16 Å². The number of esters is 1. The standard InChI is InChI=1S/C59H52BrN7O6S2/c1-2-3-34-72-56(70)52-41(35-60)39-75(71)55-51(54(69)67(52)55)63-53(68)50(49-38-74-57(62-49)64-58(42-22-10-4-11-23-42,43-24-12-5-13-25-43)44-26-14-6-15-27-44)65-73-37-48-36-66(40-61-48)59(45-28-16-7-17-29-45,46-30-18-8-19-31-46)47-32-20-9-21-33-47/h4-33,36,38,40,51,55H,2-3,34-35,37,39H2,1H3,(H,62,64)(H,63,68)/b65-50-/t51-,55-,75?/m1/s1. The highest BCUT2D eigenvalue weighted by atomic mass is 79.9. The van der Waals surface area contributed by atoms with Gasteiger partial charge in [0, 0.05) is 16.9 Å².